The predicted octanol–water partition coefficient (Wildman–Crippen LogP) is 15.8. The van der Waals surface area contributed by atoms with Gasteiger partial charge in [0.25, 0.3) is 5.91 Å². The summed E-state index contributed by atoms with van der Waals surface area (Å²) in [6, 6.07) is 14.4. The zero-order valence-corrected chi connectivity index (χ0v) is 47.3. The highest BCUT2D eigenvalue weighted by atomic mass is 28.3. The summed E-state index contributed by atoms with van der Waals surface area (Å²) >= 11 is 0. The van der Waals surface area contributed by atoms with Crippen LogP contribution in [0.2, 0.25) is 13.1 Å². The van der Waals surface area contributed by atoms with Crippen molar-refractivity contribution in [1.29, 1.82) is 0 Å². The number of unbranched alkanes of at least 4 members (excludes halogenated alkanes) is 24. The van der Waals surface area contributed by atoms with Crippen LogP contribution in [-0.2, 0) is 34.8 Å². The van der Waals surface area contributed by atoms with Crippen molar-refractivity contribution in [3.63, 3.8) is 0 Å². The van der Waals surface area contributed by atoms with Gasteiger partial charge in [-0.3, -0.25) is 9.59 Å². The Morgan fingerprint density at radius 2 is 1.10 bits per heavy atom. The molecule has 5 atom stereocenters. The predicted molar refractivity (Wildman–Crippen MR) is 293 cm³/mol. The number of rotatable bonds is 42. The van der Waals surface area contributed by atoms with E-state index in [1.165, 1.54) is 128 Å². The Kier molecular flexibility index (Phi) is 33.9. The Labute approximate surface area is 435 Å². The maximum Gasteiger partial charge on any atom is 0.306 e. The second-order valence-corrected chi connectivity index (χ2v) is 23.4. The number of carbonyl (C=O) groups is 2. The first-order chi connectivity index (χ1) is 34.4. The molecule has 1 radical (unpaired) electrons. The third-order valence-corrected chi connectivity index (χ3v) is 14.0. The Morgan fingerprint density at radius 3 is 1.61 bits per heavy atom. The number of nitrogens with one attached hydrogen (secondary N) is 1. The van der Waals surface area contributed by atoms with Crippen LogP contribution in [0.25, 0.3) is 0 Å². The van der Waals surface area contributed by atoms with Gasteiger partial charge in [-0.15, -0.1) is 0 Å². The van der Waals surface area contributed by atoms with E-state index < -0.39 is 45.3 Å². The SMILES string of the molecule is CCCCCCCCCCCCCC(=O)O[C@@H]1[C@@H](NC(=O)c2ccc(OCCCCCCCCCC)c(OCCCCCCCCCC)c2)[C@H](OCc2ccccc2)O[C@H](COC(C)(C)C)[C@H]1O[Si](C)C. The van der Waals surface area contributed by atoms with Crippen molar-refractivity contribution in [1.82, 2.24) is 5.32 Å². The Balaban J connectivity index is 1.87. The van der Waals surface area contributed by atoms with Crippen LogP contribution < -0.4 is 14.8 Å². The minimum atomic E-state index is -1.36. The van der Waals surface area contributed by atoms with Crippen LogP contribution in [-0.4, -0.2) is 77.0 Å². The molecule has 0 bridgehead atoms. The molecule has 2 aromatic rings. The molecule has 1 amide bonds. The van der Waals surface area contributed by atoms with Gasteiger partial charge in [-0.2, -0.15) is 0 Å². The summed E-state index contributed by atoms with van der Waals surface area (Å²) in [5, 5.41) is 3.25. The van der Waals surface area contributed by atoms with Crippen LogP contribution in [0, 0.1) is 0 Å². The minimum absolute atomic E-state index is 0.182. The molecule has 1 heterocycles. The summed E-state index contributed by atoms with van der Waals surface area (Å²) in [5.41, 5.74) is 0.875. The molecule has 1 aliphatic rings. The lowest BCUT2D eigenvalue weighted by molar-refractivity contribution is -0.278. The normalized spacial score (nSPS) is 18.2. The fourth-order valence-corrected chi connectivity index (χ4v) is 9.90. The number of hydrogen-bond donors (Lipinski definition) is 1. The van der Waals surface area contributed by atoms with Crippen LogP contribution >= 0.6 is 0 Å². The molecule has 405 valence electrons. The summed E-state index contributed by atoms with van der Waals surface area (Å²) in [4.78, 5) is 28.7. The van der Waals surface area contributed by atoms with Crippen molar-refractivity contribution in [3.05, 3.63) is 59.7 Å². The van der Waals surface area contributed by atoms with Crippen LogP contribution in [0.15, 0.2) is 48.5 Å². The zero-order valence-electron chi connectivity index (χ0n) is 46.3. The molecule has 1 saturated heterocycles. The number of carbonyl (C=O) groups excluding carboxylic acids is 2. The Bertz CT molecular complexity index is 1640. The van der Waals surface area contributed by atoms with Gasteiger partial charge in [0, 0.05) is 12.0 Å². The molecular formula is C60H102NO9Si. The molecule has 0 unspecified atom stereocenters. The molecule has 71 heavy (non-hydrogen) atoms. The second kappa shape index (κ2) is 38.6. The molecule has 0 aliphatic carbocycles. The molecule has 2 aromatic carbocycles. The topological polar surface area (TPSA) is 111 Å². The number of ether oxygens (including phenoxy) is 6. The average molecular weight is 1010 g/mol. The minimum Gasteiger partial charge on any atom is -0.490 e. The molecule has 0 saturated carbocycles. The van der Waals surface area contributed by atoms with E-state index in [-0.39, 0.29) is 31.5 Å². The van der Waals surface area contributed by atoms with Gasteiger partial charge in [-0.1, -0.05) is 205 Å². The summed E-state index contributed by atoms with van der Waals surface area (Å²) in [7, 11) is -1.36. The number of amides is 1. The van der Waals surface area contributed by atoms with Crippen molar-refractivity contribution in [2.24, 2.45) is 0 Å². The monoisotopic (exact) mass is 1010 g/mol. The Morgan fingerprint density at radius 1 is 0.606 bits per heavy atom. The van der Waals surface area contributed by atoms with E-state index in [1.807, 2.05) is 57.2 Å². The van der Waals surface area contributed by atoms with E-state index in [1.54, 1.807) is 12.1 Å². The largest absolute Gasteiger partial charge is 0.490 e. The van der Waals surface area contributed by atoms with Crippen molar-refractivity contribution in [3.8, 4) is 11.5 Å². The van der Waals surface area contributed by atoms with Crippen LogP contribution in [0.5, 0.6) is 11.5 Å². The first kappa shape index (κ1) is 62.3. The first-order valence-electron chi connectivity index (χ1n) is 28.8. The summed E-state index contributed by atoms with van der Waals surface area (Å²) in [5.74, 6) is 0.496. The highest BCUT2D eigenvalue weighted by Crippen LogP contribution is 2.33. The lowest BCUT2D eigenvalue weighted by Gasteiger charge is -2.46. The fourth-order valence-electron chi connectivity index (χ4n) is 9.07. The molecule has 0 spiro atoms. The lowest BCUT2D eigenvalue weighted by Crippen LogP contribution is -2.67. The third kappa shape index (κ3) is 28.3. The third-order valence-electron chi connectivity index (χ3n) is 13.2. The van der Waals surface area contributed by atoms with Gasteiger partial charge in [-0.05, 0) is 76.9 Å². The van der Waals surface area contributed by atoms with E-state index in [0.29, 0.717) is 30.3 Å². The lowest BCUT2D eigenvalue weighted by atomic mass is 9.95. The van der Waals surface area contributed by atoms with Gasteiger partial charge in [0.15, 0.2) is 23.9 Å². The van der Waals surface area contributed by atoms with Gasteiger partial charge in [-0.25, -0.2) is 0 Å². The summed E-state index contributed by atoms with van der Waals surface area (Å²) < 4.78 is 45.8. The fraction of sp³-hybridized carbons (Fsp3) is 0.767. The van der Waals surface area contributed by atoms with Gasteiger partial charge in [0.2, 0.25) is 9.04 Å². The smallest absolute Gasteiger partial charge is 0.306 e. The van der Waals surface area contributed by atoms with Gasteiger partial charge in [0.1, 0.15) is 18.2 Å². The highest BCUT2D eigenvalue weighted by Gasteiger charge is 2.51. The number of esters is 1. The summed E-state index contributed by atoms with van der Waals surface area (Å²) in [6.07, 6.45) is 29.4. The maximum atomic E-state index is 14.7. The van der Waals surface area contributed by atoms with Crippen molar-refractivity contribution >= 4 is 20.9 Å². The quantitative estimate of drug-likeness (QED) is 0.0395. The molecular weight excluding hydrogens is 907 g/mol. The van der Waals surface area contributed by atoms with Gasteiger partial charge in [0.05, 0.1) is 32.0 Å². The zero-order chi connectivity index (χ0) is 51.4. The Hall–Kier alpha value is -2.96. The molecule has 0 aromatic heterocycles. The maximum absolute atomic E-state index is 14.7. The summed E-state index contributed by atoms with van der Waals surface area (Å²) in [6.45, 7) is 18.4. The standard InChI is InChI=1S/C60H102NO9Si/c1-9-12-15-18-21-24-25-26-27-30-36-41-54(62)69-57-55(59(66-47-49-39-34-33-35-40-49)68-53(48-67-60(4,5)6)56(57)70-71(7)8)61-58(63)50-42-43-51(64-44-37-31-28-22-19-16-13-10-2)52(46-50)65-45-38-32-29-23-20-17-14-11-3/h33-35,39-40,42-43,46,53,55-57,59H,9-32,36-38,41,44-45,47-48H2,1-8H3,(H,61,63)/t53-,55-,56-,57-,59-/m1/s1. The van der Waals surface area contributed by atoms with Crippen molar-refractivity contribution < 1.29 is 42.4 Å². The van der Waals surface area contributed by atoms with Crippen molar-refractivity contribution in [2.75, 3.05) is 19.8 Å². The van der Waals surface area contributed by atoms with Crippen LogP contribution in [0.1, 0.15) is 237 Å². The van der Waals surface area contributed by atoms with E-state index in [4.69, 9.17) is 32.8 Å². The highest BCUT2D eigenvalue weighted by molar-refractivity contribution is 6.48. The van der Waals surface area contributed by atoms with Crippen LogP contribution in [0.4, 0.5) is 0 Å². The molecule has 1 N–H and O–H groups in total. The van der Waals surface area contributed by atoms with E-state index >= 15 is 0 Å². The van der Waals surface area contributed by atoms with Crippen LogP contribution in [0.3, 0.4) is 0 Å². The second-order valence-electron chi connectivity index (χ2n) is 21.3. The molecule has 1 aliphatic heterocycles. The molecule has 10 nitrogen and oxygen atoms in total. The number of hydrogen-bond acceptors (Lipinski definition) is 9. The van der Waals surface area contributed by atoms with Gasteiger partial charge >= 0.3 is 5.97 Å². The number of benzene rings is 2. The van der Waals surface area contributed by atoms with E-state index in [0.717, 1.165) is 50.5 Å². The molecule has 1 fully saturated rings. The average Bonchev–Trinajstić information content (AvgIpc) is 3.35. The first-order valence-corrected chi connectivity index (χ1v) is 31.2. The van der Waals surface area contributed by atoms with E-state index in [2.05, 4.69) is 39.2 Å². The van der Waals surface area contributed by atoms with Gasteiger partial charge < -0.3 is 38.2 Å². The molecule has 11 heteroatoms. The molecule has 3 rings (SSSR count). The van der Waals surface area contributed by atoms with E-state index in [9.17, 15) is 9.59 Å². The van der Waals surface area contributed by atoms with Crippen molar-refractivity contribution in [2.45, 2.75) is 277 Å².